The minimum atomic E-state index is -0.235. The van der Waals surface area contributed by atoms with Crippen LogP contribution in [0.3, 0.4) is 0 Å². The van der Waals surface area contributed by atoms with Gasteiger partial charge in [-0.1, -0.05) is 30.4 Å². The predicted molar refractivity (Wildman–Crippen MR) is 99.3 cm³/mol. The summed E-state index contributed by atoms with van der Waals surface area (Å²) in [6, 6.07) is 5.89. The average molecular weight is 402 g/mol. The monoisotopic (exact) mass is 401 g/mol. The van der Waals surface area contributed by atoms with Crippen LogP contribution in [0.4, 0.5) is 4.79 Å². The molecular formula is C19H20BrN3O2. The number of allylic oxidation sites excluding steroid dienone is 3. The fourth-order valence-electron chi connectivity index (χ4n) is 3.47. The van der Waals surface area contributed by atoms with E-state index in [4.69, 9.17) is 9.72 Å². The van der Waals surface area contributed by atoms with Crippen molar-refractivity contribution in [1.82, 2.24) is 14.3 Å². The molecule has 1 unspecified atom stereocenters. The number of imidazole rings is 1. The molecule has 6 heteroatoms. The molecule has 0 radical (unpaired) electrons. The molecule has 0 bridgehead atoms. The number of carbonyl (C=O) groups excluding carboxylic acids is 1. The van der Waals surface area contributed by atoms with E-state index < -0.39 is 0 Å². The van der Waals surface area contributed by atoms with Gasteiger partial charge < -0.3 is 4.74 Å². The molecule has 2 aromatic rings. The quantitative estimate of drug-likeness (QED) is 0.711. The molecule has 130 valence electrons. The molecule has 5 nitrogen and oxygen atoms in total. The number of fused-ring (bicyclic) bond motifs is 1. The molecule has 1 fully saturated rings. The summed E-state index contributed by atoms with van der Waals surface area (Å²) in [5.41, 5.74) is 1.80. The maximum absolute atomic E-state index is 12.6. The number of nitrogens with zero attached hydrogens (tertiary/aromatic N) is 3. The smallest absolute Gasteiger partial charge is 0.410 e. The summed E-state index contributed by atoms with van der Waals surface area (Å²) in [6.07, 6.45) is 12.8. The molecule has 1 saturated heterocycles. The van der Waals surface area contributed by atoms with E-state index in [2.05, 4.69) is 28.1 Å². The number of likely N-dealkylation sites (tertiary alicyclic amines) is 1. The van der Waals surface area contributed by atoms with Crippen LogP contribution in [-0.4, -0.2) is 33.5 Å². The van der Waals surface area contributed by atoms with Crippen LogP contribution in [0.2, 0.25) is 0 Å². The van der Waals surface area contributed by atoms with E-state index >= 15 is 0 Å². The van der Waals surface area contributed by atoms with Crippen LogP contribution in [0.25, 0.3) is 5.65 Å². The molecule has 25 heavy (non-hydrogen) atoms. The van der Waals surface area contributed by atoms with Crippen molar-refractivity contribution in [2.75, 3.05) is 13.2 Å². The summed E-state index contributed by atoms with van der Waals surface area (Å²) in [7, 11) is 0. The Morgan fingerprint density at radius 1 is 1.36 bits per heavy atom. The number of hydrogen-bond donors (Lipinski definition) is 0. The fraction of sp³-hybridized carbons (Fsp3) is 0.368. The molecule has 1 aliphatic heterocycles. The highest BCUT2D eigenvalue weighted by molar-refractivity contribution is 9.10. The Morgan fingerprint density at radius 3 is 3.08 bits per heavy atom. The second-order valence-corrected chi connectivity index (χ2v) is 7.29. The van der Waals surface area contributed by atoms with Crippen LogP contribution in [0.15, 0.2) is 53.3 Å². The van der Waals surface area contributed by atoms with E-state index in [0.717, 1.165) is 41.8 Å². The van der Waals surface area contributed by atoms with E-state index in [1.165, 1.54) is 0 Å². The molecule has 2 atom stereocenters. The lowest BCUT2D eigenvalue weighted by Gasteiger charge is -2.23. The Morgan fingerprint density at radius 2 is 2.28 bits per heavy atom. The lowest BCUT2D eigenvalue weighted by Crippen LogP contribution is -2.32. The SMILES string of the molecule is O=C(OCC1C=CC=CC1)N1CCC[C@H]1c1cn2c(Br)cccc2n1. The Balaban J connectivity index is 1.47. The van der Waals surface area contributed by atoms with Gasteiger partial charge in [0, 0.05) is 18.7 Å². The maximum Gasteiger partial charge on any atom is 0.410 e. The van der Waals surface area contributed by atoms with Gasteiger partial charge in [0.15, 0.2) is 0 Å². The van der Waals surface area contributed by atoms with Crippen molar-refractivity contribution in [1.29, 1.82) is 0 Å². The summed E-state index contributed by atoms with van der Waals surface area (Å²) in [4.78, 5) is 19.1. The molecule has 2 aliphatic rings. The summed E-state index contributed by atoms with van der Waals surface area (Å²) in [5.74, 6) is 0.279. The van der Waals surface area contributed by atoms with Crippen molar-refractivity contribution in [3.63, 3.8) is 0 Å². The Labute approximate surface area is 155 Å². The van der Waals surface area contributed by atoms with Crippen LogP contribution in [0.5, 0.6) is 0 Å². The maximum atomic E-state index is 12.6. The van der Waals surface area contributed by atoms with Crippen LogP contribution >= 0.6 is 15.9 Å². The van der Waals surface area contributed by atoms with Gasteiger partial charge in [-0.25, -0.2) is 9.78 Å². The minimum absolute atomic E-state index is 0.0129. The summed E-state index contributed by atoms with van der Waals surface area (Å²) < 4.78 is 8.52. The Hall–Kier alpha value is -2.08. The van der Waals surface area contributed by atoms with Crippen molar-refractivity contribution in [3.8, 4) is 0 Å². The summed E-state index contributed by atoms with van der Waals surface area (Å²) in [5, 5.41) is 0. The van der Waals surface area contributed by atoms with Gasteiger partial charge in [0.2, 0.25) is 0 Å². The number of pyridine rings is 1. The first-order valence-electron chi connectivity index (χ1n) is 8.62. The standard InChI is InChI=1S/C19H20BrN3O2/c20-17-9-4-10-18-21-15(12-23(17)18)16-8-5-11-22(16)19(24)25-13-14-6-2-1-3-7-14/h1-4,6,9-10,12,14,16H,5,7-8,11,13H2/t14?,16-/m0/s1. The fourth-order valence-corrected chi connectivity index (χ4v) is 3.90. The zero-order valence-electron chi connectivity index (χ0n) is 13.8. The van der Waals surface area contributed by atoms with Crippen molar-refractivity contribution >= 4 is 27.7 Å². The zero-order chi connectivity index (χ0) is 17.2. The molecule has 0 aromatic carbocycles. The third kappa shape index (κ3) is 3.35. The van der Waals surface area contributed by atoms with Gasteiger partial charge in [-0.3, -0.25) is 9.30 Å². The minimum Gasteiger partial charge on any atom is -0.449 e. The molecule has 0 saturated carbocycles. The van der Waals surface area contributed by atoms with E-state index in [0.29, 0.717) is 6.61 Å². The predicted octanol–water partition coefficient (Wildman–Crippen LogP) is 4.50. The van der Waals surface area contributed by atoms with Crippen LogP contribution in [-0.2, 0) is 4.74 Å². The number of rotatable bonds is 3. The molecule has 0 spiro atoms. The molecule has 3 heterocycles. The van der Waals surface area contributed by atoms with Crippen molar-refractivity contribution < 1.29 is 9.53 Å². The van der Waals surface area contributed by atoms with E-state index in [-0.39, 0.29) is 18.1 Å². The average Bonchev–Trinajstić information content (AvgIpc) is 3.28. The third-order valence-electron chi connectivity index (χ3n) is 4.78. The number of ether oxygens (including phenoxy) is 1. The van der Waals surface area contributed by atoms with Gasteiger partial charge >= 0.3 is 6.09 Å². The highest BCUT2D eigenvalue weighted by atomic mass is 79.9. The summed E-state index contributed by atoms with van der Waals surface area (Å²) in [6.45, 7) is 1.15. The lowest BCUT2D eigenvalue weighted by molar-refractivity contribution is 0.0889. The van der Waals surface area contributed by atoms with E-state index in [1.807, 2.05) is 45.8 Å². The Kier molecular flexibility index (Phi) is 4.61. The van der Waals surface area contributed by atoms with Gasteiger partial charge in [-0.2, -0.15) is 0 Å². The van der Waals surface area contributed by atoms with Crippen LogP contribution in [0.1, 0.15) is 31.0 Å². The number of amides is 1. The second-order valence-electron chi connectivity index (χ2n) is 6.48. The van der Waals surface area contributed by atoms with E-state index in [1.54, 1.807) is 0 Å². The number of carbonyl (C=O) groups is 1. The topological polar surface area (TPSA) is 46.8 Å². The normalized spacial score (nSPS) is 22.7. The first-order valence-corrected chi connectivity index (χ1v) is 9.42. The first-order chi connectivity index (χ1) is 12.2. The molecule has 2 aromatic heterocycles. The highest BCUT2D eigenvalue weighted by Crippen LogP contribution is 2.32. The molecule has 0 N–H and O–H groups in total. The summed E-state index contributed by atoms with van der Waals surface area (Å²) >= 11 is 3.54. The van der Waals surface area contributed by atoms with Gasteiger partial charge in [0.05, 0.1) is 22.9 Å². The van der Waals surface area contributed by atoms with Gasteiger partial charge in [0.25, 0.3) is 0 Å². The van der Waals surface area contributed by atoms with Crippen LogP contribution in [0, 0.1) is 5.92 Å². The van der Waals surface area contributed by atoms with Gasteiger partial charge in [0.1, 0.15) is 5.65 Å². The van der Waals surface area contributed by atoms with Crippen molar-refractivity contribution in [2.45, 2.75) is 25.3 Å². The number of halogens is 1. The number of aromatic nitrogens is 2. The van der Waals surface area contributed by atoms with Crippen LogP contribution < -0.4 is 0 Å². The molecule has 4 rings (SSSR count). The molecule has 1 amide bonds. The van der Waals surface area contributed by atoms with Crippen molar-refractivity contribution in [3.05, 3.63) is 59.0 Å². The number of hydrogen-bond acceptors (Lipinski definition) is 3. The first kappa shape index (κ1) is 16.4. The van der Waals surface area contributed by atoms with Gasteiger partial charge in [-0.15, -0.1) is 0 Å². The Bertz CT molecular complexity index is 842. The van der Waals surface area contributed by atoms with Gasteiger partial charge in [-0.05, 0) is 47.3 Å². The second kappa shape index (κ2) is 7.04. The zero-order valence-corrected chi connectivity index (χ0v) is 15.4. The van der Waals surface area contributed by atoms with E-state index in [9.17, 15) is 4.79 Å². The third-order valence-corrected chi connectivity index (χ3v) is 5.43. The highest BCUT2D eigenvalue weighted by Gasteiger charge is 2.33. The largest absolute Gasteiger partial charge is 0.449 e. The molecule has 1 aliphatic carbocycles. The molecular weight excluding hydrogens is 382 g/mol. The lowest BCUT2D eigenvalue weighted by atomic mass is 10.0. The van der Waals surface area contributed by atoms with Crippen molar-refractivity contribution in [2.24, 2.45) is 5.92 Å².